The molecule has 0 spiro atoms. The summed E-state index contributed by atoms with van der Waals surface area (Å²) in [5.74, 6) is 1.92. The molecule has 4 heteroatoms. The number of nitrogens with one attached hydrogen (secondary N) is 1. The highest BCUT2D eigenvalue weighted by Crippen LogP contribution is 2.10. The zero-order valence-electron chi connectivity index (χ0n) is 9.01. The summed E-state index contributed by atoms with van der Waals surface area (Å²) in [6.45, 7) is 2.94. The molecular weight excluding hydrogens is 218 g/mol. The minimum Gasteiger partial charge on any atom is -0.355 e. The largest absolute Gasteiger partial charge is 0.355 e. The zero-order valence-corrected chi connectivity index (χ0v) is 10.6. The molecule has 1 amide bonds. The molecule has 0 aliphatic heterocycles. The quantitative estimate of drug-likeness (QED) is 0.658. The highest BCUT2D eigenvalue weighted by Gasteiger charge is 2.08. The van der Waals surface area contributed by atoms with Gasteiger partial charge in [0.25, 0.3) is 0 Å². The van der Waals surface area contributed by atoms with E-state index in [0.717, 1.165) is 25.8 Å². The maximum Gasteiger partial charge on any atom is 0.229 e. The molecule has 0 aliphatic carbocycles. The fourth-order valence-electron chi connectivity index (χ4n) is 1.35. The van der Waals surface area contributed by atoms with Crippen LogP contribution in [-0.4, -0.2) is 30.3 Å². The number of halogens is 1. The van der Waals surface area contributed by atoms with E-state index < -0.39 is 0 Å². The van der Waals surface area contributed by atoms with Gasteiger partial charge in [-0.05, 0) is 25.0 Å². The van der Waals surface area contributed by atoms with Crippen LogP contribution in [0.5, 0.6) is 0 Å². The van der Waals surface area contributed by atoms with Gasteiger partial charge in [0.15, 0.2) is 0 Å². The van der Waals surface area contributed by atoms with Gasteiger partial charge in [0.1, 0.15) is 0 Å². The number of carbonyl (C=O) groups excluding carboxylic acids is 1. The molecular formula is C10H20ClNOS. The number of thioether (sulfide) groups is 1. The molecule has 1 N–H and O–H groups in total. The molecule has 0 radical (unpaired) electrons. The molecule has 14 heavy (non-hydrogen) atoms. The third kappa shape index (κ3) is 7.51. The van der Waals surface area contributed by atoms with Crippen LogP contribution in [0.15, 0.2) is 0 Å². The van der Waals surface area contributed by atoms with Crippen LogP contribution in [0, 0.1) is 5.92 Å². The van der Waals surface area contributed by atoms with Gasteiger partial charge in [0.05, 0.1) is 5.75 Å². The van der Waals surface area contributed by atoms with Crippen molar-refractivity contribution in [2.24, 2.45) is 5.92 Å². The van der Waals surface area contributed by atoms with Gasteiger partial charge in [-0.2, -0.15) is 11.8 Å². The number of rotatable bonds is 8. The second kappa shape index (κ2) is 9.66. The van der Waals surface area contributed by atoms with E-state index in [-0.39, 0.29) is 5.91 Å². The van der Waals surface area contributed by atoms with Gasteiger partial charge in [-0.15, -0.1) is 11.6 Å². The molecule has 0 aromatic rings. The maximum atomic E-state index is 11.2. The summed E-state index contributed by atoms with van der Waals surface area (Å²) in [5.41, 5.74) is 0. The van der Waals surface area contributed by atoms with Crippen LogP contribution in [0.2, 0.25) is 0 Å². The van der Waals surface area contributed by atoms with Crippen LogP contribution < -0.4 is 5.32 Å². The Hall–Kier alpha value is 0.110. The molecule has 0 aromatic heterocycles. The van der Waals surface area contributed by atoms with Gasteiger partial charge in [-0.25, -0.2) is 0 Å². The van der Waals surface area contributed by atoms with Crippen molar-refractivity contribution in [1.82, 2.24) is 5.32 Å². The Bertz CT molecular complexity index is 149. The lowest BCUT2D eigenvalue weighted by Crippen LogP contribution is -2.30. The Morgan fingerprint density at radius 1 is 1.50 bits per heavy atom. The smallest absolute Gasteiger partial charge is 0.229 e. The summed E-state index contributed by atoms with van der Waals surface area (Å²) in [4.78, 5) is 11.2. The SMILES string of the molecule is CCCC(CCCl)CNC(=O)CSC. The van der Waals surface area contributed by atoms with E-state index >= 15 is 0 Å². The normalized spacial score (nSPS) is 12.5. The predicted molar refractivity (Wildman–Crippen MR) is 65.1 cm³/mol. The van der Waals surface area contributed by atoms with Crippen LogP contribution in [0.25, 0.3) is 0 Å². The molecule has 0 bridgehead atoms. The molecule has 0 saturated carbocycles. The van der Waals surface area contributed by atoms with Crippen LogP contribution in [0.1, 0.15) is 26.2 Å². The zero-order chi connectivity index (χ0) is 10.8. The van der Waals surface area contributed by atoms with Crippen LogP contribution in [-0.2, 0) is 4.79 Å². The van der Waals surface area contributed by atoms with Gasteiger partial charge in [-0.3, -0.25) is 4.79 Å². The fraction of sp³-hybridized carbons (Fsp3) is 0.900. The summed E-state index contributed by atoms with van der Waals surface area (Å²) in [5, 5.41) is 2.93. The van der Waals surface area contributed by atoms with Crippen molar-refractivity contribution in [2.75, 3.05) is 24.4 Å². The van der Waals surface area contributed by atoms with E-state index in [1.54, 1.807) is 11.8 Å². The summed E-state index contributed by atoms with van der Waals surface area (Å²) in [6, 6.07) is 0. The third-order valence-corrected chi connectivity index (χ3v) is 2.85. The number of amides is 1. The standard InChI is InChI=1S/C10H20ClNOS/c1-3-4-9(5-6-11)7-12-10(13)8-14-2/h9H,3-8H2,1-2H3,(H,12,13). The summed E-state index contributed by atoms with van der Waals surface area (Å²) < 4.78 is 0. The first-order valence-corrected chi connectivity index (χ1v) is 6.99. The monoisotopic (exact) mass is 237 g/mol. The fourth-order valence-corrected chi connectivity index (χ4v) is 2.02. The summed E-state index contributed by atoms with van der Waals surface area (Å²) in [7, 11) is 0. The average Bonchev–Trinajstić information content (AvgIpc) is 2.15. The highest BCUT2D eigenvalue weighted by atomic mass is 35.5. The average molecular weight is 238 g/mol. The minimum atomic E-state index is 0.133. The van der Waals surface area contributed by atoms with Gasteiger partial charge >= 0.3 is 0 Å². The molecule has 0 heterocycles. The van der Waals surface area contributed by atoms with E-state index in [0.29, 0.717) is 17.6 Å². The first kappa shape index (κ1) is 14.1. The third-order valence-electron chi connectivity index (χ3n) is 2.08. The molecule has 1 atom stereocenters. The molecule has 1 unspecified atom stereocenters. The highest BCUT2D eigenvalue weighted by molar-refractivity contribution is 7.99. The topological polar surface area (TPSA) is 29.1 Å². The lowest BCUT2D eigenvalue weighted by Gasteiger charge is -2.15. The molecule has 0 rings (SSSR count). The van der Waals surface area contributed by atoms with Crippen molar-refractivity contribution in [3.63, 3.8) is 0 Å². The van der Waals surface area contributed by atoms with Crippen molar-refractivity contribution in [1.29, 1.82) is 0 Å². The molecule has 0 fully saturated rings. The van der Waals surface area contributed by atoms with Gasteiger partial charge in [0.2, 0.25) is 5.91 Å². The Labute approximate surface area is 96.2 Å². The number of hydrogen-bond donors (Lipinski definition) is 1. The van der Waals surface area contributed by atoms with Gasteiger partial charge in [0, 0.05) is 12.4 Å². The molecule has 2 nitrogen and oxygen atoms in total. The maximum absolute atomic E-state index is 11.2. The second-order valence-electron chi connectivity index (χ2n) is 3.37. The second-order valence-corrected chi connectivity index (χ2v) is 4.61. The lowest BCUT2D eigenvalue weighted by atomic mass is 10.0. The Balaban J connectivity index is 3.63. The minimum absolute atomic E-state index is 0.133. The van der Waals surface area contributed by atoms with E-state index in [1.807, 2.05) is 6.26 Å². The van der Waals surface area contributed by atoms with Crippen molar-refractivity contribution in [3.8, 4) is 0 Å². The van der Waals surface area contributed by atoms with Crippen molar-refractivity contribution in [2.45, 2.75) is 26.2 Å². The van der Waals surface area contributed by atoms with E-state index in [2.05, 4.69) is 12.2 Å². The summed E-state index contributed by atoms with van der Waals surface area (Å²) in [6.07, 6.45) is 5.23. The van der Waals surface area contributed by atoms with Crippen LogP contribution in [0.3, 0.4) is 0 Å². The predicted octanol–water partition coefficient (Wildman–Crippen LogP) is 2.51. The molecule has 84 valence electrons. The van der Waals surface area contributed by atoms with Crippen LogP contribution >= 0.6 is 23.4 Å². The van der Waals surface area contributed by atoms with Crippen molar-refractivity contribution in [3.05, 3.63) is 0 Å². The summed E-state index contributed by atoms with van der Waals surface area (Å²) >= 11 is 7.24. The first-order chi connectivity index (χ1) is 6.74. The Morgan fingerprint density at radius 2 is 2.21 bits per heavy atom. The molecule has 0 saturated heterocycles. The van der Waals surface area contributed by atoms with Crippen molar-refractivity contribution >= 4 is 29.3 Å². The van der Waals surface area contributed by atoms with E-state index in [1.165, 1.54) is 0 Å². The van der Waals surface area contributed by atoms with Gasteiger partial charge < -0.3 is 5.32 Å². The Kier molecular flexibility index (Phi) is 9.73. The van der Waals surface area contributed by atoms with E-state index in [4.69, 9.17) is 11.6 Å². The Morgan fingerprint density at radius 3 is 2.71 bits per heavy atom. The van der Waals surface area contributed by atoms with Gasteiger partial charge in [-0.1, -0.05) is 13.3 Å². The molecule has 0 aromatic carbocycles. The first-order valence-electron chi connectivity index (χ1n) is 5.06. The van der Waals surface area contributed by atoms with Crippen molar-refractivity contribution < 1.29 is 4.79 Å². The number of alkyl halides is 1. The lowest BCUT2D eigenvalue weighted by molar-refractivity contribution is -0.118. The van der Waals surface area contributed by atoms with Crippen LogP contribution in [0.4, 0.5) is 0 Å². The number of carbonyl (C=O) groups is 1. The van der Waals surface area contributed by atoms with E-state index in [9.17, 15) is 4.79 Å². The number of hydrogen-bond acceptors (Lipinski definition) is 2. The molecule has 0 aliphatic rings.